The molecule has 0 fully saturated rings. The third kappa shape index (κ3) is 6.73. The standard InChI is InChI=1S/C25H36N4O3Si2/c1-33(2,17-9-15-27-28-26)32-34(3,4)18-10-16-29(25(30)31)19-24-22-13-7-5-11-20(22)21-12-6-8-14-23(21)24/h5-8,11-14,24H,9-10,15-19H2,1-4H3,(H,30,31). The lowest BCUT2D eigenvalue weighted by atomic mass is 9.96. The smallest absolute Gasteiger partial charge is 0.407 e. The van der Waals surface area contributed by atoms with Crippen LogP contribution in [-0.4, -0.2) is 52.4 Å². The number of azide groups is 1. The minimum absolute atomic E-state index is 0.0624. The van der Waals surface area contributed by atoms with Gasteiger partial charge in [0.15, 0.2) is 16.6 Å². The number of hydrogen-bond acceptors (Lipinski definition) is 3. The van der Waals surface area contributed by atoms with Gasteiger partial charge in [-0.2, -0.15) is 0 Å². The van der Waals surface area contributed by atoms with Gasteiger partial charge in [0.05, 0.1) is 0 Å². The Morgan fingerprint density at radius 2 is 1.53 bits per heavy atom. The van der Waals surface area contributed by atoms with Gasteiger partial charge < -0.3 is 14.1 Å². The van der Waals surface area contributed by atoms with E-state index >= 15 is 0 Å². The normalized spacial score (nSPS) is 13.2. The Labute approximate surface area is 204 Å². The van der Waals surface area contributed by atoms with E-state index in [2.05, 4.69) is 60.5 Å². The lowest BCUT2D eigenvalue weighted by Crippen LogP contribution is -2.44. The topological polar surface area (TPSA) is 98.5 Å². The third-order valence-electron chi connectivity index (χ3n) is 6.50. The summed E-state index contributed by atoms with van der Waals surface area (Å²) in [6, 6.07) is 18.5. The molecule has 0 saturated carbocycles. The first kappa shape index (κ1) is 26.0. The van der Waals surface area contributed by atoms with Crippen LogP contribution in [0.3, 0.4) is 0 Å². The van der Waals surface area contributed by atoms with Gasteiger partial charge in [-0.25, -0.2) is 4.79 Å². The van der Waals surface area contributed by atoms with E-state index in [1.807, 2.05) is 24.3 Å². The second kappa shape index (κ2) is 11.2. The van der Waals surface area contributed by atoms with Crippen molar-refractivity contribution in [2.24, 2.45) is 5.11 Å². The number of benzene rings is 2. The average Bonchev–Trinajstić information content (AvgIpc) is 3.09. The number of rotatable bonds is 12. The molecule has 1 aliphatic rings. The second-order valence-electron chi connectivity index (χ2n) is 10.2. The van der Waals surface area contributed by atoms with Gasteiger partial charge in [-0.15, -0.1) is 0 Å². The molecule has 2 aromatic carbocycles. The molecule has 0 aliphatic heterocycles. The molecule has 7 nitrogen and oxygen atoms in total. The van der Waals surface area contributed by atoms with Crippen molar-refractivity contribution in [2.75, 3.05) is 19.6 Å². The quantitative estimate of drug-likeness (QED) is 0.110. The van der Waals surface area contributed by atoms with Crippen molar-refractivity contribution < 1.29 is 14.0 Å². The summed E-state index contributed by atoms with van der Waals surface area (Å²) >= 11 is 0. The first-order valence-corrected chi connectivity index (χ1v) is 18.2. The predicted octanol–water partition coefficient (Wildman–Crippen LogP) is 7.30. The van der Waals surface area contributed by atoms with E-state index in [1.165, 1.54) is 22.3 Å². The third-order valence-corrected chi connectivity index (χ3v) is 14.0. The zero-order valence-corrected chi connectivity index (χ0v) is 22.7. The van der Waals surface area contributed by atoms with Crippen molar-refractivity contribution in [1.29, 1.82) is 0 Å². The van der Waals surface area contributed by atoms with Crippen LogP contribution in [-0.2, 0) is 4.12 Å². The SMILES string of the molecule is C[Si](C)(CCCN=[N+]=[N-])O[Si](C)(C)CCCN(CC1c2ccccc2-c2ccccc21)C(=O)O. The van der Waals surface area contributed by atoms with Crippen LogP contribution in [0.4, 0.5) is 4.79 Å². The summed E-state index contributed by atoms with van der Waals surface area (Å²) in [6.07, 6.45) is 0.783. The summed E-state index contributed by atoms with van der Waals surface area (Å²) in [4.78, 5) is 16.5. The maximum atomic E-state index is 12.1. The molecule has 0 unspecified atom stereocenters. The summed E-state index contributed by atoms with van der Waals surface area (Å²) in [5.41, 5.74) is 13.3. The predicted molar refractivity (Wildman–Crippen MR) is 142 cm³/mol. The molecule has 0 radical (unpaired) electrons. The molecule has 0 bridgehead atoms. The number of hydrogen-bond donors (Lipinski definition) is 1. The van der Waals surface area contributed by atoms with Crippen LogP contribution >= 0.6 is 0 Å². The molecule has 9 heteroatoms. The molecule has 0 spiro atoms. The fourth-order valence-electron chi connectivity index (χ4n) is 5.11. The van der Waals surface area contributed by atoms with Crippen LogP contribution in [0.5, 0.6) is 0 Å². The Kier molecular flexibility index (Phi) is 8.59. The molecule has 34 heavy (non-hydrogen) atoms. The minimum Gasteiger partial charge on any atom is -0.465 e. The van der Waals surface area contributed by atoms with Crippen LogP contribution in [0.2, 0.25) is 38.3 Å². The van der Waals surface area contributed by atoms with Crippen LogP contribution in [0.25, 0.3) is 21.6 Å². The Balaban J connectivity index is 1.60. The molecule has 3 rings (SSSR count). The van der Waals surface area contributed by atoms with Gasteiger partial charge in [-0.1, -0.05) is 53.6 Å². The Bertz CT molecular complexity index is 1010. The van der Waals surface area contributed by atoms with Crippen LogP contribution < -0.4 is 0 Å². The van der Waals surface area contributed by atoms with E-state index in [-0.39, 0.29) is 5.92 Å². The van der Waals surface area contributed by atoms with Gasteiger partial charge in [0.1, 0.15) is 0 Å². The zero-order chi connectivity index (χ0) is 24.8. The molecule has 182 valence electrons. The van der Waals surface area contributed by atoms with E-state index < -0.39 is 22.7 Å². The van der Waals surface area contributed by atoms with Gasteiger partial charge in [0, 0.05) is 30.5 Å². The van der Waals surface area contributed by atoms with Crippen LogP contribution in [0.1, 0.15) is 29.9 Å². The van der Waals surface area contributed by atoms with Crippen molar-refractivity contribution >= 4 is 22.7 Å². The molecule has 0 aromatic heterocycles. The van der Waals surface area contributed by atoms with E-state index in [0.717, 1.165) is 24.9 Å². The highest BCUT2D eigenvalue weighted by Crippen LogP contribution is 2.44. The molecule has 1 amide bonds. The summed E-state index contributed by atoms with van der Waals surface area (Å²) < 4.78 is 6.65. The van der Waals surface area contributed by atoms with Crippen molar-refractivity contribution in [2.45, 2.75) is 57.0 Å². The fourth-order valence-corrected chi connectivity index (χ4v) is 13.9. The molecule has 0 heterocycles. The molecule has 0 atom stereocenters. The lowest BCUT2D eigenvalue weighted by Gasteiger charge is -2.34. The summed E-state index contributed by atoms with van der Waals surface area (Å²) in [6.45, 7) is 10.4. The van der Waals surface area contributed by atoms with Crippen molar-refractivity contribution in [3.8, 4) is 11.1 Å². The zero-order valence-electron chi connectivity index (χ0n) is 20.7. The largest absolute Gasteiger partial charge is 0.465 e. The van der Waals surface area contributed by atoms with Crippen molar-refractivity contribution in [3.05, 3.63) is 70.1 Å². The van der Waals surface area contributed by atoms with Crippen molar-refractivity contribution in [3.63, 3.8) is 0 Å². The Morgan fingerprint density at radius 1 is 1.00 bits per heavy atom. The maximum Gasteiger partial charge on any atom is 0.407 e. The van der Waals surface area contributed by atoms with Gasteiger partial charge in [0.25, 0.3) is 0 Å². The molecule has 2 aromatic rings. The lowest BCUT2D eigenvalue weighted by molar-refractivity contribution is 0.143. The summed E-state index contributed by atoms with van der Waals surface area (Å²) in [5, 5.41) is 13.6. The highest BCUT2D eigenvalue weighted by Gasteiger charge is 2.34. The maximum absolute atomic E-state index is 12.1. The van der Waals surface area contributed by atoms with Gasteiger partial charge >= 0.3 is 6.09 Å². The number of carbonyl (C=O) groups is 1. The summed E-state index contributed by atoms with van der Waals surface area (Å²) in [5.74, 6) is 0.0624. The van der Waals surface area contributed by atoms with Gasteiger partial charge in [-0.05, 0) is 78.9 Å². The molecular weight excluding hydrogens is 460 g/mol. The molecule has 0 saturated heterocycles. The van der Waals surface area contributed by atoms with Crippen LogP contribution in [0, 0.1) is 0 Å². The first-order valence-electron chi connectivity index (χ1n) is 12.0. The monoisotopic (exact) mass is 496 g/mol. The number of amides is 1. The second-order valence-corrected chi connectivity index (χ2v) is 19.1. The van der Waals surface area contributed by atoms with Crippen LogP contribution in [0.15, 0.2) is 53.6 Å². The number of fused-ring (bicyclic) bond motifs is 3. The Morgan fingerprint density at radius 3 is 2.06 bits per heavy atom. The highest BCUT2D eigenvalue weighted by atomic mass is 28.4. The van der Waals surface area contributed by atoms with E-state index in [4.69, 9.17) is 9.65 Å². The fraction of sp³-hybridized carbons (Fsp3) is 0.480. The minimum atomic E-state index is -1.93. The molecule has 1 N–H and O–H groups in total. The average molecular weight is 497 g/mol. The summed E-state index contributed by atoms with van der Waals surface area (Å²) in [7, 11) is -3.78. The molecular formula is C25H36N4O3Si2. The van der Waals surface area contributed by atoms with Gasteiger partial charge in [0.2, 0.25) is 0 Å². The van der Waals surface area contributed by atoms with Gasteiger partial charge in [-0.3, -0.25) is 0 Å². The van der Waals surface area contributed by atoms with Crippen molar-refractivity contribution in [1.82, 2.24) is 4.90 Å². The van der Waals surface area contributed by atoms with E-state index in [9.17, 15) is 9.90 Å². The number of nitrogens with zero attached hydrogens (tertiary/aromatic N) is 4. The Hall–Kier alpha value is -2.59. The highest BCUT2D eigenvalue weighted by molar-refractivity contribution is 6.84. The molecule has 1 aliphatic carbocycles. The van der Waals surface area contributed by atoms with E-state index in [1.54, 1.807) is 4.90 Å². The van der Waals surface area contributed by atoms with E-state index in [0.29, 0.717) is 19.6 Å². The number of carboxylic acid groups (broad SMARTS) is 1. The first-order chi connectivity index (χ1) is 16.1.